The highest BCUT2D eigenvalue weighted by atomic mass is 35.5. The fourth-order valence-corrected chi connectivity index (χ4v) is 4.55. The third-order valence-electron chi connectivity index (χ3n) is 2.74. The molecule has 0 saturated carbocycles. The zero-order chi connectivity index (χ0) is 11.7. The Morgan fingerprint density at radius 2 is 2.18 bits per heavy atom. The highest BCUT2D eigenvalue weighted by Gasteiger charge is 2.27. The number of aryl methyl sites for hydroxylation is 1. The summed E-state index contributed by atoms with van der Waals surface area (Å²) in [5.74, 6) is 1.59. The van der Waals surface area contributed by atoms with Crippen LogP contribution in [0.3, 0.4) is 0 Å². The molecule has 0 spiro atoms. The van der Waals surface area contributed by atoms with Crippen molar-refractivity contribution in [2.45, 2.75) is 17.6 Å². The van der Waals surface area contributed by atoms with Crippen LogP contribution >= 0.6 is 35.5 Å². The Kier molecular flexibility index (Phi) is 5.51. The maximum atomic E-state index is 12.4. The molecule has 17 heavy (non-hydrogen) atoms. The minimum Gasteiger partial charge on any atom is -0.309 e. The van der Waals surface area contributed by atoms with Gasteiger partial charge in [0.2, 0.25) is 0 Å². The molecule has 1 unspecified atom stereocenters. The quantitative estimate of drug-likeness (QED) is 0.834. The number of thiophene rings is 1. The van der Waals surface area contributed by atoms with Crippen molar-refractivity contribution < 1.29 is 4.79 Å². The summed E-state index contributed by atoms with van der Waals surface area (Å²) < 4.78 is 1.23. The van der Waals surface area contributed by atoms with Gasteiger partial charge in [-0.1, -0.05) is 0 Å². The maximum Gasteiger partial charge on any atom is 0.169 e. The van der Waals surface area contributed by atoms with E-state index in [0.717, 1.165) is 24.3 Å². The largest absolute Gasteiger partial charge is 0.309 e. The predicted molar refractivity (Wildman–Crippen MR) is 78.0 cm³/mol. The number of hydrogen-bond donors (Lipinski definition) is 0. The minimum atomic E-state index is 0. The number of ketones is 1. The summed E-state index contributed by atoms with van der Waals surface area (Å²) in [5, 5.41) is 0. The molecule has 0 saturated heterocycles. The second-order valence-corrected chi connectivity index (χ2v) is 7.14. The molecule has 1 aromatic heterocycles. The van der Waals surface area contributed by atoms with Gasteiger partial charge in [0.25, 0.3) is 0 Å². The SMILES string of the molecule is Cc1cc2c(s1)SCCC(CN(C)C)C2=O.Cl. The van der Waals surface area contributed by atoms with Crippen molar-refractivity contribution >= 4 is 41.3 Å². The van der Waals surface area contributed by atoms with E-state index in [9.17, 15) is 4.79 Å². The molecule has 0 amide bonds. The van der Waals surface area contributed by atoms with Gasteiger partial charge in [0.05, 0.1) is 4.21 Å². The first kappa shape index (κ1) is 15.0. The predicted octanol–water partition coefficient (Wildman–Crippen LogP) is 3.33. The van der Waals surface area contributed by atoms with Gasteiger partial charge in [-0.05, 0) is 39.3 Å². The van der Waals surface area contributed by atoms with Crippen molar-refractivity contribution in [2.75, 3.05) is 26.4 Å². The number of rotatable bonds is 2. The van der Waals surface area contributed by atoms with Gasteiger partial charge in [-0.25, -0.2) is 0 Å². The molecule has 5 heteroatoms. The van der Waals surface area contributed by atoms with Crippen LogP contribution in [0, 0.1) is 12.8 Å². The van der Waals surface area contributed by atoms with E-state index >= 15 is 0 Å². The summed E-state index contributed by atoms with van der Waals surface area (Å²) in [4.78, 5) is 15.7. The number of carbonyl (C=O) groups excluding carboxylic acids is 1. The van der Waals surface area contributed by atoms with Gasteiger partial charge in [-0.15, -0.1) is 35.5 Å². The molecule has 0 aliphatic carbocycles. The summed E-state index contributed by atoms with van der Waals surface area (Å²) in [6, 6.07) is 2.06. The van der Waals surface area contributed by atoms with Crippen molar-refractivity contribution in [1.82, 2.24) is 4.90 Å². The van der Waals surface area contributed by atoms with Crippen LogP contribution in [-0.2, 0) is 0 Å². The molecule has 0 fully saturated rings. The molecular weight excluding hydrogens is 274 g/mol. The summed E-state index contributed by atoms with van der Waals surface area (Å²) in [6.45, 7) is 2.95. The third-order valence-corrected chi connectivity index (χ3v) is 5.11. The molecule has 0 bridgehead atoms. The Morgan fingerprint density at radius 1 is 1.47 bits per heavy atom. The smallest absolute Gasteiger partial charge is 0.169 e. The number of halogens is 1. The lowest BCUT2D eigenvalue weighted by Gasteiger charge is -2.17. The van der Waals surface area contributed by atoms with E-state index in [4.69, 9.17) is 0 Å². The number of Topliss-reactive ketones (excluding diaryl/α,β-unsaturated/α-hetero) is 1. The highest BCUT2D eigenvalue weighted by Crippen LogP contribution is 2.37. The number of hydrogen-bond acceptors (Lipinski definition) is 4. The molecule has 1 aliphatic rings. The normalized spacial score (nSPS) is 19.8. The molecule has 0 N–H and O–H groups in total. The van der Waals surface area contributed by atoms with Crippen LogP contribution in [0.2, 0.25) is 0 Å². The van der Waals surface area contributed by atoms with Crippen molar-refractivity contribution in [2.24, 2.45) is 5.92 Å². The van der Waals surface area contributed by atoms with Gasteiger partial charge in [0, 0.05) is 22.9 Å². The molecule has 96 valence electrons. The summed E-state index contributed by atoms with van der Waals surface area (Å²) in [7, 11) is 4.07. The highest BCUT2D eigenvalue weighted by molar-refractivity contribution is 8.01. The fourth-order valence-electron chi connectivity index (χ4n) is 2.03. The molecule has 0 radical (unpaired) electrons. The topological polar surface area (TPSA) is 20.3 Å². The number of carbonyl (C=O) groups is 1. The van der Waals surface area contributed by atoms with Crippen molar-refractivity contribution in [3.8, 4) is 0 Å². The van der Waals surface area contributed by atoms with Gasteiger partial charge in [0.1, 0.15) is 0 Å². The number of thioether (sulfide) groups is 1. The van der Waals surface area contributed by atoms with E-state index in [1.165, 1.54) is 9.09 Å². The van der Waals surface area contributed by atoms with Gasteiger partial charge < -0.3 is 4.90 Å². The van der Waals surface area contributed by atoms with Gasteiger partial charge in [-0.2, -0.15) is 0 Å². The first-order valence-electron chi connectivity index (χ1n) is 5.50. The molecule has 0 aromatic carbocycles. The first-order valence-corrected chi connectivity index (χ1v) is 7.30. The number of nitrogens with zero attached hydrogens (tertiary/aromatic N) is 1. The second kappa shape index (κ2) is 6.23. The molecule has 1 aliphatic heterocycles. The van der Waals surface area contributed by atoms with Gasteiger partial charge >= 0.3 is 0 Å². The van der Waals surface area contributed by atoms with Crippen LogP contribution in [0.15, 0.2) is 10.3 Å². The molecular formula is C12H18ClNOS2. The van der Waals surface area contributed by atoms with Crippen LogP contribution in [-0.4, -0.2) is 37.1 Å². The lowest BCUT2D eigenvalue weighted by Crippen LogP contribution is -2.27. The Morgan fingerprint density at radius 3 is 2.82 bits per heavy atom. The Balaban J connectivity index is 0.00000144. The first-order chi connectivity index (χ1) is 7.58. The van der Waals surface area contributed by atoms with Gasteiger partial charge in [-0.3, -0.25) is 4.79 Å². The average molecular weight is 292 g/mol. The zero-order valence-corrected chi connectivity index (χ0v) is 12.8. The van der Waals surface area contributed by atoms with Crippen LogP contribution in [0.5, 0.6) is 0 Å². The zero-order valence-electron chi connectivity index (χ0n) is 10.4. The molecule has 1 aromatic rings. The Labute approximate surface area is 117 Å². The molecule has 2 heterocycles. The van der Waals surface area contributed by atoms with E-state index in [0.29, 0.717) is 5.78 Å². The van der Waals surface area contributed by atoms with Crippen LogP contribution in [0.1, 0.15) is 21.7 Å². The van der Waals surface area contributed by atoms with Crippen LogP contribution in [0.4, 0.5) is 0 Å². The van der Waals surface area contributed by atoms with Crippen molar-refractivity contribution in [3.63, 3.8) is 0 Å². The van der Waals surface area contributed by atoms with Crippen molar-refractivity contribution in [3.05, 3.63) is 16.5 Å². The van der Waals surface area contributed by atoms with E-state index in [1.54, 1.807) is 11.3 Å². The Hall–Kier alpha value is -0.0300. The van der Waals surface area contributed by atoms with Gasteiger partial charge in [0.15, 0.2) is 5.78 Å². The summed E-state index contributed by atoms with van der Waals surface area (Å²) in [6.07, 6.45) is 1.00. The third kappa shape index (κ3) is 3.47. The average Bonchev–Trinajstić information content (AvgIpc) is 2.50. The molecule has 2 nitrogen and oxygen atoms in total. The maximum absolute atomic E-state index is 12.4. The van der Waals surface area contributed by atoms with Crippen LogP contribution in [0.25, 0.3) is 0 Å². The minimum absolute atomic E-state index is 0. The Bertz CT molecular complexity index is 403. The van der Waals surface area contributed by atoms with E-state index < -0.39 is 0 Å². The van der Waals surface area contributed by atoms with E-state index in [1.807, 2.05) is 25.9 Å². The molecule has 1 atom stereocenters. The number of fused-ring (bicyclic) bond motifs is 1. The second-order valence-electron chi connectivity index (χ2n) is 4.52. The lowest BCUT2D eigenvalue weighted by atomic mass is 9.96. The van der Waals surface area contributed by atoms with Crippen molar-refractivity contribution in [1.29, 1.82) is 0 Å². The summed E-state index contributed by atoms with van der Waals surface area (Å²) >= 11 is 3.60. The standard InChI is InChI=1S/C12H17NOS2.ClH/c1-8-6-10-11(14)9(7-13(2)3)4-5-15-12(10)16-8;/h6,9H,4-5,7H2,1-3H3;1H. The monoisotopic (exact) mass is 291 g/mol. The fraction of sp³-hybridized carbons (Fsp3) is 0.583. The summed E-state index contributed by atoms with van der Waals surface area (Å²) in [5.41, 5.74) is 0.969. The van der Waals surface area contributed by atoms with E-state index in [-0.39, 0.29) is 18.3 Å². The van der Waals surface area contributed by atoms with E-state index in [2.05, 4.69) is 17.9 Å². The molecule has 2 rings (SSSR count). The van der Waals surface area contributed by atoms with Crippen LogP contribution < -0.4 is 0 Å². The lowest BCUT2D eigenvalue weighted by molar-refractivity contribution is 0.0894.